The first-order valence-electron chi connectivity index (χ1n) is 15.6. The summed E-state index contributed by atoms with van der Waals surface area (Å²) in [6, 6.07) is 25.1. The van der Waals surface area contributed by atoms with Gasteiger partial charge < -0.3 is 25.0 Å². The van der Waals surface area contributed by atoms with Crippen LogP contribution in [0.2, 0.25) is 0 Å². The van der Waals surface area contributed by atoms with Crippen LogP contribution >= 0.6 is 0 Å². The Bertz CT molecular complexity index is 1810. The molecule has 2 unspecified atom stereocenters. The Labute approximate surface area is 323 Å². The monoisotopic (exact) mass is 665 g/mol. The molecule has 0 aliphatic carbocycles. The number of aliphatic hydroxyl groups excluding tert-OH is 1. The summed E-state index contributed by atoms with van der Waals surface area (Å²) >= 11 is 0. The third kappa shape index (κ3) is 7.12. The Morgan fingerprint density at radius 3 is 2.42 bits per heavy atom. The number of aromatic nitrogens is 4. The number of hydrogen-bond acceptors (Lipinski definition) is 9. The molecule has 3 aliphatic rings. The van der Waals surface area contributed by atoms with Gasteiger partial charge in [-0.2, -0.15) is 0 Å². The van der Waals surface area contributed by atoms with Crippen LogP contribution in [0.5, 0.6) is 0 Å². The summed E-state index contributed by atoms with van der Waals surface area (Å²) in [6.07, 6.45) is 3.54. The molecule has 1 amide bonds. The number of unbranched alkanes of at least 4 members (excludes halogenated alkanes) is 1. The topological polar surface area (TPSA) is 137 Å². The fourth-order valence-corrected chi connectivity index (χ4v) is 6.56. The molecule has 1 aromatic heterocycles. The van der Waals surface area contributed by atoms with E-state index in [9.17, 15) is 14.7 Å². The summed E-state index contributed by atoms with van der Waals surface area (Å²) in [5.41, 5.74) is 6.68. The maximum atomic E-state index is 13.5. The van der Waals surface area contributed by atoms with Crippen LogP contribution in [0.15, 0.2) is 102 Å². The predicted molar refractivity (Wildman–Crippen MR) is 184 cm³/mol. The Morgan fingerprint density at radius 1 is 0.979 bits per heavy atom. The number of carbonyl (C=O) groups is 2. The number of H-pyrrole nitrogens is 1. The van der Waals surface area contributed by atoms with Crippen LogP contribution in [0.1, 0.15) is 43.7 Å². The molecule has 238 valence electrons. The number of benzene rings is 3. The van der Waals surface area contributed by atoms with Gasteiger partial charge in [-0.1, -0.05) is 92.2 Å². The molecular weight excluding hydrogens is 628 g/mol. The number of tetrazole rings is 1. The molecule has 13 heteroatoms. The van der Waals surface area contributed by atoms with Gasteiger partial charge in [-0.05, 0) is 45.5 Å². The first-order chi connectivity index (χ1) is 22.5. The van der Waals surface area contributed by atoms with E-state index >= 15 is 0 Å². The second-order valence-corrected chi connectivity index (χ2v) is 11.8. The standard InChI is InChI=1S/C35H35N7O4.2Na.2H/c1-2-3-13-30-36-27-18-28-32(43)31(35(45)46-21-23-9-5-4-6-10-23)34(44)42(28)20-29(27)41(30)19-22-14-16-24(17-15-22)25-11-7-8-12-26(25)33-37-39-40-38-33;;;;/h4-12,14-17,28,30,36,43H,2-3,13,18-21H2,1H3,(H,37,38,39,40);;;;. The fraction of sp³-hybridized carbons (Fsp3) is 0.286. The van der Waals surface area contributed by atoms with Crippen molar-refractivity contribution in [1.82, 2.24) is 35.7 Å². The average molecular weight is 666 g/mol. The number of esters is 1. The SMILES string of the molecule is CCCCC1NC2=C(CN3C(=O)C(C(=O)OCc4ccccc4)=C(O)C3C2)N1Cc1ccc(-c2ccccc2-c2nnn[nH]2)cc1.[NaH].[NaH]. The van der Waals surface area contributed by atoms with Crippen molar-refractivity contribution in [2.24, 2.45) is 0 Å². The molecule has 3 N–H and O–H groups in total. The zero-order valence-corrected chi connectivity index (χ0v) is 25.5. The van der Waals surface area contributed by atoms with E-state index in [2.05, 4.69) is 68.1 Å². The Hall–Kier alpha value is -3.45. The molecule has 4 heterocycles. The maximum absolute atomic E-state index is 13.5. The van der Waals surface area contributed by atoms with E-state index < -0.39 is 17.9 Å². The summed E-state index contributed by atoms with van der Waals surface area (Å²) in [4.78, 5) is 30.4. The van der Waals surface area contributed by atoms with E-state index in [1.165, 1.54) is 0 Å². The Morgan fingerprint density at radius 2 is 1.71 bits per heavy atom. The van der Waals surface area contributed by atoms with Crippen LogP contribution in [-0.4, -0.2) is 125 Å². The number of aromatic amines is 1. The van der Waals surface area contributed by atoms with Gasteiger partial charge in [0, 0.05) is 24.2 Å². The van der Waals surface area contributed by atoms with Crippen LogP contribution in [0.4, 0.5) is 0 Å². The second kappa shape index (κ2) is 15.8. The van der Waals surface area contributed by atoms with E-state index in [1.807, 2.05) is 48.5 Å². The Kier molecular flexibility index (Phi) is 11.8. The van der Waals surface area contributed by atoms with E-state index in [4.69, 9.17) is 4.74 Å². The van der Waals surface area contributed by atoms with Crippen LogP contribution in [0.3, 0.4) is 0 Å². The van der Waals surface area contributed by atoms with Gasteiger partial charge in [0.2, 0.25) is 0 Å². The molecule has 0 saturated heterocycles. The zero-order valence-electron chi connectivity index (χ0n) is 25.5. The quantitative estimate of drug-likeness (QED) is 0.132. The van der Waals surface area contributed by atoms with Gasteiger partial charge in [-0.3, -0.25) is 4.79 Å². The van der Waals surface area contributed by atoms with Gasteiger partial charge in [0.1, 0.15) is 12.4 Å². The number of ether oxygens (including phenoxy) is 1. The number of hydrogen-bond donors (Lipinski definition) is 3. The van der Waals surface area contributed by atoms with Crippen LogP contribution < -0.4 is 5.32 Å². The molecule has 0 bridgehead atoms. The molecule has 7 rings (SSSR count). The summed E-state index contributed by atoms with van der Waals surface area (Å²) in [6.45, 7) is 3.14. The van der Waals surface area contributed by atoms with E-state index in [1.54, 1.807) is 4.90 Å². The zero-order chi connectivity index (χ0) is 31.6. The second-order valence-electron chi connectivity index (χ2n) is 11.8. The van der Waals surface area contributed by atoms with Gasteiger partial charge in [-0.25, -0.2) is 9.89 Å². The van der Waals surface area contributed by atoms with Crippen molar-refractivity contribution < 1.29 is 19.4 Å². The van der Waals surface area contributed by atoms with E-state index in [0.29, 0.717) is 25.3 Å². The number of fused-ring (bicyclic) bond motifs is 1. The third-order valence-electron chi connectivity index (χ3n) is 8.95. The number of amides is 1. The number of rotatable bonds is 10. The van der Waals surface area contributed by atoms with Gasteiger partial charge in [0.15, 0.2) is 11.4 Å². The molecule has 0 radical (unpaired) electrons. The molecule has 2 atom stereocenters. The van der Waals surface area contributed by atoms with Crippen molar-refractivity contribution in [2.45, 2.75) is 58.0 Å². The first kappa shape index (κ1) is 35.8. The van der Waals surface area contributed by atoms with Crippen molar-refractivity contribution in [3.63, 3.8) is 0 Å². The minimum absolute atomic E-state index is 0. The van der Waals surface area contributed by atoms with Gasteiger partial charge in [0.05, 0.1) is 24.4 Å². The molecule has 0 saturated carbocycles. The summed E-state index contributed by atoms with van der Waals surface area (Å²) < 4.78 is 5.43. The summed E-state index contributed by atoms with van der Waals surface area (Å²) in [7, 11) is 0. The minimum atomic E-state index is -0.798. The molecule has 3 aliphatic heterocycles. The Balaban J connectivity index is 0.00000225. The fourth-order valence-electron chi connectivity index (χ4n) is 6.56. The van der Waals surface area contributed by atoms with Crippen LogP contribution in [-0.2, 0) is 27.5 Å². The molecule has 11 nitrogen and oxygen atoms in total. The molecule has 3 aromatic carbocycles. The number of nitrogens with one attached hydrogen (secondary N) is 2. The van der Waals surface area contributed by atoms with E-state index in [0.717, 1.165) is 58.5 Å². The molecule has 48 heavy (non-hydrogen) atoms. The van der Waals surface area contributed by atoms with Crippen molar-refractivity contribution in [3.8, 4) is 22.5 Å². The third-order valence-corrected chi connectivity index (χ3v) is 8.95. The molecule has 0 fully saturated rings. The van der Waals surface area contributed by atoms with Crippen molar-refractivity contribution in [3.05, 3.63) is 113 Å². The van der Waals surface area contributed by atoms with E-state index in [-0.39, 0.29) is 83.2 Å². The van der Waals surface area contributed by atoms with Crippen LogP contribution in [0, 0.1) is 0 Å². The number of aliphatic hydroxyl groups is 1. The van der Waals surface area contributed by atoms with Gasteiger partial charge >= 0.3 is 65.1 Å². The van der Waals surface area contributed by atoms with Crippen LogP contribution in [0.25, 0.3) is 22.5 Å². The average Bonchev–Trinajstić information content (AvgIpc) is 3.80. The van der Waals surface area contributed by atoms with Gasteiger partial charge in [0.25, 0.3) is 5.91 Å². The van der Waals surface area contributed by atoms with Gasteiger partial charge in [-0.15, -0.1) is 5.10 Å². The number of carbonyl (C=O) groups excluding carboxylic acids is 2. The van der Waals surface area contributed by atoms with Crippen molar-refractivity contribution in [1.29, 1.82) is 0 Å². The molecule has 4 aromatic rings. The first-order valence-corrected chi connectivity index (χ1v) is 15.6. The predicted octanol–water partition coefficient (Wildman–Crippen LogP) is 3.54. The van der Waals surface area contributed by atoms with Crippen molar-refractivity contribution in [2.75, 3.05) is 6.54 Å². The molecular formula is C35H37N7Na2O4. The summed E-state index contributed by atoms with van der Waals surface area (Å²) in [5.74, 6) is -0.889. The normalized spacial score (nSPS) is 18.1. The number of nitrogens with zero attached hydrogens (tertiary/aromatic N) is 5. The van der Waals surface area contributed by atoms with Crippen molar-refractivity contribution >= 4 is 71.0 Å². The summed E-state index contributed by atoms with van der Waals surface area (Å²) in [5, 5.41) is 29.2. The molecule has 0 spiro atoms.